The lowest BCUT2D eigenvalue weighted by atomic mass is 10.1. The molecule has 1 atom stereocenters. The Hall–Kier alpha value is -1.53. The lowest BCUT2D eigenvalue weighted by Gasteiger charge is -2.08. The van der Waals surface area contributed by atoms with Gasteiger partial charge in [0.2, 0.25) is 11.8 Å². The molecule has 0 aromatic carbocycles. The fourth-order valence-electron chi connectivity index (χ4n) is 2.35. The fourth-order valence-corrected chi connectivity index (χ4v) is 3.47. The largest absolute Gasteiger partial charge is 0.492 e. The number of halogens is 1. The summed E-state index contributed by atoms with van der Waals surface area (Å²) in [5.41, 5.74) is 0. The number of unbranched alkanes of at least 4 members (excludes halogenated alkanes) is 6. The van der Waals surface area contributed by atoms with Crippen LogP contribution in [0.15, 0.2) is 12.1 Å². The van der Waals surface area contributed by atoms with E-state index in [9.17, 15) is 23.8 Å². The maximum atomic E-state index is 13.3. The van der Waals surface area contributed by atoms with Crippen molar-refractivity contribution in [3.05, 3.63) is 12.1 Å². The van der Waals surface area contributed by atoms with E-state index in [4.69, 9.17) is 4.84 Å². The average molecular weight is 379 g/mol. The number of carbonyl (C=O) groups is 1. The lowest BCUT2D eigenvalue weighted by Crippen LogP contribution is -2.18. The van der Waals surface area contributed by atoms with Gasteiger partial charge in [0.15, 0.2) is 0 Å². The van der Waals surface area contributed by atoms with E-state index >= 15 is 0 Å². The van der Waals surface area contributed by atoms with Gasteiger partial charge < -0.3 is 19.6 Å². The van der Waals surface area contributed by atoms with Crippen molar-refractivity contribution in [2.24, 2.45) is 0 Å². The smallest absolute Gasteiger partial charge is 0.367 e. The number of carbonyl (C=O) groups excluding carboxylic acids is 1. The van der Waals surface area contributed by atoms with E-state index in [1.807, 2.05) is 0 Å². The van der Waals surface area contributed by atoms with Gasteiger partial charge in [-0.25, -0.2) is 4.79 Å². The molecule has 25 heavy (non-hydrogen) atoms. The van der Waals surface area contributed by atoms with Crippen molar-refractivity contribution in [1.29, 1.82) is 0 Å². The Balaban J connectivity index is 2.00. The molecule has 0 bridgehead atoms. The summed E-state index contributed by atoms with van der Waals surface area (Å²) < 4.78 is 29.8. The zero-order valence-electron chi connectivity index (χ0n) is 14.5. The predicted molar refractivity (Wildman–Crippen MR) is 91.5 cm³/mol. The topological polar surface area (TPSA) is 98.0 Å². The molecule has 0 aliphatic heterocycles. The molecule has 1 unspecified atom stereocenters. The van der Waals surface area contributed by atoms with Crippen LogP contribution >= 0.6 is 7.68 Å². The Morgan fingerprint density at radius 2 is 1.60 bits per heavy atom. The predicted octanol–water partition coefficient (Wildman–Crippen LogP) is 4.17. The normalized spacial score (nSPS) is 13.5. The zero-order chi connectivity index (χ0) is 18.7. The fraction of sp³-hybridized carbons (Fsp3) is 0.688. The third-order valence-electron chi connectivity index (χ3n) is 3.62. The number of aromatic nitrogens is 1. The lowest BCUT2D eigenvalue weighted by molar-refractivity contribution is -0.145. The van der Waals surface area contributed by atoms with Gasteiger partial charge in [0.1, 0.15) is 0 Å². The maximum Gasteiger partial charge on any atom is 0.367 e. The monoisotopic (exact) mass is 379 g/mol. The number of aromatic hydroxyl groups is 2. The van der Waals surface area contributed by atoms with E-state index in [0.717, 1.165) is 32.1 Å². The highest BCUT2D eigenvalue weighted by Gasteiger charge is 2.19. The summed E-state index contributed by atoms with van der Waals surface area (Å²) >= 11 is 0. The van der Waals surface area contributed by atoms with Gasteiger partial charge in [-0.2, -0.15) is 4.20 Å². The Kier molecular flexibility index (Phi) is 9.60. The summed E-state index contributed by atoms with van der Waals surface area (Å²) in [6.07, 6.45) is 5.82. The van der Waals surface area contributed by atoms with E-state index < -0.39 is 13.6 Å². The molecule has 0 saturated heterocycles. The van der Waals surface area contributed by atoms with Gasteiger partial charge >= 0.3 is 13.6 Å². The molecule has 0 spiro atoms. The molecular weight excluding hydrogens is 352 g/mol. The quantitative estimate of drug-likeness (QED) is 0.394. The van der Waals surface area contributed by atoms with Crippen LogP contribution in [0, 0.1) is 0 Å². The third-order valence-corrected chi connectivity index (χ3v) is 5.11. The zero-order valence-corrected chi connectivity index (χ0v) is 15.4. The molecule has 1 heterocycles. The van der Waals surface area contributed by atoms with Crippen molar-refractivity contribution >= 4 is 13.6 Å². The summed E-state index contributed by atoms with van der Waals surface area (Å²) in [5.74, 6) is -1.21. The molecule has 1 aromatic heterocycles. The Bertz CT molecular complexity index is 557. The third kappa shape index (κ3) is 8.93. The van der Waals surface area contributed by atoms with Crippen LogP contribution in [0.2, 0.25) is 0 Å². The minimum Gasteiger partial charge on any atom is -0.492 e. The van der Waals surface area contributed by atoms with Crippen LogP contribution in [0.25, 0.3) is 0 Å². The van der Waals surface area contributed by atoms with Crippen LogP contribution in [-0.4, -0.2) is 33.7 Å². The Morgan fingerprint density at radius 1 is 1.08 bits per heavy atom. The SMILES string of the molecule is CCOP(=O)(F)CCCCCCCCCC(=O)On1c(O)ccc1O. The first kappa shape index (κ1) is 21.5. The maximum absolute atomic E-state index is 13.3. The van der Waals surface area contributed by atoms with Crippen molar-refractivity contribution in [3.8, 4) is 11.8 Å². The minimum atomic E-state index is -3.89. The van der Waals surface area contributed by atoms with Crippen LogP contribution < -0.4 is 4.84 Å². The summed E-state index contributed by atoms with van der Waals surface area (Å²) in [7, 11) is -3.89. The molecule has 0 aliphatic rings. The molecule has 0 fully saturated rings. The van der Waals surface area contributed by atoms with Crippen molar-refractivity contribution in [3.63, 3.8) is 0 Å². The van der Waals surface area contributed by atoms with Crippen molar-refractivity contribution in [2.75, 3.05) is 12.8 Å². The van der Waals surface area contributed by atoms with Crippen LogP contribution in [0.5, 0.6) is 11.8 Å². The molecule has 0 radical (unpaired) electrons. The number of hydrogen-bond acceptors (Lipinski definition) is 6. The summed E-state index contributed by atoms with van der Waals surface area (Å²) in [4.78, 5) is 16.4. The molecule has 0 amide bonds. The standard InChI is InChI=1S/C16H27FNO6P/c1-2-23-25(17,22)13-9-7-5-3-4-6-8-10-16(21)24-18-14(19)11-12-15(18)20/h11-12,19-20H,2-10,13H2,1H3. The van der Waals surface area contributed by atoms with Gasteiger partial charge in [0, 0.05) is 18.6 Å². The molecule has 2 N–H and O–H groups in total. The molecule has 1 rings (SSSR count). The van der Waals surface area contributed by atoms with Gasteiger partial charge in [-0.05, 0) is 19.8 Å². The van der Waals surface area contributed by atoms with Crippen molar-refractivity contribution < 1.29 is 33.1 Å². The van der Waals surface area contributed by atoms with E-state index in [0.29, 0.717) is 17.6 Å². The van der Waals surface area contributed by atoms with Crippen LogP contribution in [0.3, 0.4) is 0 Å². The Labute approximate surface area is 147 Å². The molecule has 0 saturated carbocycles. The van der Waals surface area contributed by atoms with Gasteiger partial charge in [-0.3, -0.25) is 4.57 Å². The summed E-state index contributed by atoms with van der Waals surface area (Å²) in [6.45, 7) is 1.74. The van der Waals surface area contributed by atoms with E-state index in [1.54, 1.807) is 6.92 Å². The van der Waals surface area contributed by atoms with Gasteiger partial charge in [-0.15, -0.1) is 4.73 Å². The first-order valence-corrected chi connectivity index (χ1v) is 10.3. The molecular formula is C16H27FNO6P. The second-order valence-electron chi connectivity index (χ2n) is 5.76. The van der Waals surface area contributed by atoms with E-state index in [1.165, 1.54) is 12.1 Å². The number of rotatable bonds is 13. The second-order valence-corrected chi connectivity index (χ2v) is 7.65. The average Bonchev–Trinajstić information content (AvgIpc) is 2.85. The first-order chi connectivity index (χ1) is 11.9. The van der Waals surface area contributed by atoms with Gasteiger partial charge in [0.25, 0.3) is 0 Å². The highest BCUT2D eigenvalue weighted by Crippen LogP contribution is 2.49. The van der Waals surface area contributed by atoms with Crippen LogP contribution in [0.4, 0.5) is 4.20 Å². The van der Waals surface area contributed by atoms with Crippen molar-refractivity contribution in [2.45, 2.75) is 58.3 Å². The highest BCUT2D eigenvalue weighted by molar-refractivity contribution is 7.53. The molecule has 0 aliphatic carbocycles. The highest BCUT2D eigenvalue weighted by atomic mass is 31.2. The van der Waals surface area contributed by atoms with Crippen LogP contribution in [0.1, 0.15) is 58.3 Å². The number of nitrogens with zero attached hydrogens (tertiary/aromatic N) is 1. The van der Waals surface area contributed by atoms with Gasteiger partial charge in [-0.1, -0.05) is 32.1 Å². The molecule has 7 nitrogen and oxygen atoms in total. The molecule has 9 heteroatoms. The second kappa shape index (κ2) is 11.2. The summed E-state index contributed by atoms with van der Waals surface area (Å²) in [5, 5.41) is 18.7. The Morgan fingerprint density at radius 3 is 2.16 bits per heavy atom. The van der Waals surface area contributed by atoms with Crippen molar-refractivity contribution in [1.82, 2.24) is 4.73 Å². The summed E-state index contributed by atoms with van der Waals surface area (Å²) in [6, 6.07) is 2.44. The molecule has 1 aromatic rings. The number of hydrogen-bond donors (Lipinski definition) is 2. The minimum absolute atomic E-state index is 0.0221. The van der Waals surface area contributed by atoms with Gasteiger partial charge in [0.05, 0.1) is 12.8 Å². The van der Waals surface area contributed by atoms with E-state index in [2.05, 4.69) is 4.52 Å². The first-order valence-electron chi connectivity index (χ1n) is 8.60. The van der Waals surface area contributed by atoms with E-state index in [-0.39, 0.29) is 30.9 Å². The van der Waals surface area contributed by atoms with Crippen LogP contribution in [-0.2, 0) is 13.9 Å². The molecule has 144 valence electrons.